The summed E-state index contributed by atoms with van der Waals surface area (Å²) in [7, 11) is 0. The molecule has 32 heavy (non-hydrogen) atoms. The van der Waals surface area contributed by atoms with Crippen molar-refractivity contribution in [1.82, 2.24) is 4.57 Å². The standard InChI is InChI=1S/C25H24FNO5/c1-16-12-23(17(2)27(16)13-19-4-8-21(26)9-5-19)24(29)14-32-25(30)15-31-22-10-6-20(7-11-22)18(3)28/h4-12H,13-15H2,1-3H3. The SMILES string of the molecule is CC(=O)c1ccc(OCC(=O)OCC(=O)c2cc(C)n(Cc3ccc(F)cc3)c2C)cc1. The normalized spacial score (nSPS) is 10.6. The number of esters is 1. The van der Waals surface area contributed by atoms with Crippen LogP contribution in [0, 0.1) is 19.7 Å². The van der Waals surface area contributed by atoms with Gasteiger partial charge < -0.3 is 14.0 Å². The van der Waals surface area contributed by atoms with Gasteiger partial charge in [-0.1, -0.05) is 12.1 Å². The first-order valence-corrected chi connectivity index (χ1v) is 10.1. The van der Waals surface area contributed by atoms with Crippen molar-refractivity contribution >= 4 is 17.5 Å². The molecule has 166 valence electrons. The predicted octanol–water partition coefficient (Wildman–Crippen LogP) is 4.30. The van der Waals surface area contributed by atoms with E-state index in [4.69, 9.17) is 9.47 Å². The number of rotatable bonds is 9. The zero-order valence-corrected chi connectivity index (χ0v) is 18.2. The lowest BCUT2D eigenvalue weighted by Gasteiger charge is -2.10. The smallest absolute Gasteiger partial charge is 0.344 e. The molecule has 0 saturated heterocycles. The highest BCUT2D eigenvalue weighted by Gasteiger charge is 2.18. The second-order valence-electron chi connectivity index (χ2n) is 7.45. The van der Waals surface area contributed by atoms with E-state index >= 15 is 0 Å². The molecule has 0 saturated carbocycles. The van der Waals surface area contributed by atoms with Gasteiger partial charge in [0, 0.05) is 29.1 Å². The van der Waals surface area contributed by atoms with Crippen molar-refractivity contribution in [3.05, 3.63) is 88.5 Å². The molecule has 0 unspecified atom stereocenters. The number of hydrogen-bond acceptors (Lipinski definition) is 5. The molecular formula is C25H24FNO5. The minimum atomic E-state index is -0.672. The molecule has 0 aliphatic carbocycles. The molecule has 0 bridgehead atoms. The molecule has 0 N–H and O–H groups in total. The molecule has 0 aliphatic heterocycles. The van der Waals surface area contributed by atoms with E-state index in [1.807, 2.05) is 18.4 Å². The fourth-order valence-corrected chi connectivity index (χ4v) is 3.29. The molecule has 6 nitrogen and oxygen atoms in total. The lowest BCUT2D eigenvalue weighted by atomic mass is 10.1. The third kappa shape index (κ3) is 5.69. The van der Waals surface area contributed by atoms with Crippen LogP contribution in [0.5, 0.6) is 5.75 Å². The van der Waals surface area contributed by atoms with Crippen LogP contribution in [0.1, 0.15) is 44.6 Å². The summed E-state index contributed by atoms with van der Waals surface area (Å²) in [4.78, 5) is 35.8. The maximum Gasteiger partial charge on any atom is 0.344 e. The highest BCUT2D eigenvalue weighted by molar-refractivity contribution is 5.99. The minimum absolute atomic E-state index is 0.0634. The Labute approximate surface area is 185 Å². The van der Waals surface area contributed by atoms with E-state index in [0.717, 1.165) is 17.0 Å². The molecule has 0 aliphatic rings. The molecule has 1 aromatic heterocycles. The summed E-state index contributed by atoms with van der Waals surface area (Å²) >= 11 is 0. The van der Waals surface area contributed by atoms with Crippen LogP contribution in [0.3, 0.4) is 0 Å². The van der Waals surface area contributed by atoms with Gasteiger partial charge in [0.1, 0.15) is 11.6 Å². The fraction of sp³-hybridized carbons (Fsp3) is 0.240. The van der Waals surface area contributed by atoms with Crippen LogP contribution >= 0.6 is 0 Å². The summed E-state index contributed by atoms with van der Waals surface area (Å²) in [5.41, 5.74) is 3.54. The Balaban J connectivity index is 1.54. The molecule has 0 spiro atoms. The first kappa shape index (κ1) is 22.9. The van der Waals surface area contributed by atoms with Crippen molar-refractivity contribution in [2.75, 3.05) is 13.2 Å². The van der Waals surface area contributed by atoms with Gasteiger partial charge >= 0.3 is 5.97 Å². The van der Waals surface area contributed by atoms with Gasteiger partial charge in [-0.05, 0) is 68.8 Å². The zero-order chi connectivity index (χ0) is 23.3. The van der Waals surface area contributed by atoms with Crippen LogP contribution in [0.25, 0.3) is 0 Å². The number of halogens is 1. The van der Waals surface area contributed by atoms with Gasteiger partial charge in [-0.3, -0.25) is 9.59 Å². The Bertz CT molecular complexity index is 1130. The maximum atomic E-state index is 13.1. The number of aryl methyl sites for hydroxylation is 1. The van der Waals surface area contributed by atoms with Crippen molar-refractivity contribution < 1.29 is 28.2 Å². The van der Waals surface area contributed by atoms with E-state index in [0.29, 0.717) is 23.4 Å². The number of carbonyl (C=O) groups excluding carboxylic acids is 3. The second-order valence-corrected chi connectivity index (χ2v) is 7.45. The average Bonchev–Trinajstić information content (AvgIpc) is 3.06. The number of Topliss-reactive ketones (excluding diaryl/α,β-unsaturated/α-hetero) is 2. The van der Waals surface area contributed by atoms with Crippen molar-refractivity contribution in [2.45, 2.75) is 27.3 Å². The zero-order valence-electron chi connectivity index (χ0n) is 18.2. The van der Waals surface area contributed by atoms with Crippen molar-refractivity contribution in [3.63, 3.8) is 0 Å². The number of carbonyl (C=O) groups is 3. The van der Waals surface area contributed by atoms with Gasteiger partial charge in [-0.15, -0.1) is 0 Å². The Morgan fingerprint density at radius 2 is 1.59 bits per heavy atom. The molecule has 2 aromatic carbocycles. The van der Waals surface area contributed by atoms with Crippen molar-refractivity contribution in [3.8, 4) is 5.75 Å². The average molecular weight is 437 g/mol. The molecule has 0 radical (unpaired) electrons. The van der Waals surface area contributed by atoms with E-state index in [2.05, 4.69) is 0 Å². The van der Waals surface area contributed by atoms with Gasteiger partial charge in [-0.25, -0.2) is 9.18 Å². The molecular weight excluding hydrogens is 413 g/mol. The maximum absolute atomic E-state index is 13.1. The van der Waals surface area contributed by atoms with Crippen LogP contribution in [-0.4, -0.2) is 35.3 Å². The monoisotopic (exact) mass is 437 g/mol. The summed E-state index contributed by atoms with van der Waals surface area (Å²) in [6.07, 6.45) is 0. The third-order valence-electron chi connectivity index (χ3n) is 5.11. The van der Waals surface area contributed by atoms with Crippen molar-refractivity contribution in [2.24, 2.45) is 0 Å². The van der Waals surface area contributed by atoms with E-state index < -0.39 is 12.6 Å². The predicted molar refractivity (Wildman–Crippen MR) is 117 cm³/mol. The van der Waals surface area contributed by atoms with Crippen LogP contribution in [-0.2, 0) is 16.1 Å². The van der Waals surface area contributed by atoms with Crippen LogP contribution in [0.4, 0.5) is 4.39 Å². The van der Waals surface area contributed by atoms with Crippen molar-refractivity contribution in [1.29, 1.82) is 0 Å². The number of ether oxygens (including phenoxy) is 2. The molecule has 1 heterocycles. The van der Waals surface area contributed by atoms with E-state index in [-0.39, 0.29) is 24.0 Å². The van der Waals surface area contributed by atoms with E-state index in [9.17, 15) is 18.8 Å². The Morgan fingerprint density at radius 3 is 2.22 bits per heavy atom. The van der Waals surface area contributed by atoms with Gasteiger partial charge in [0.25, 0.3) is 0 Å². The summed E-state index contributed by atoms with van der Waals surface area (Å²) in [5, 5.41) is 0. The molecule has 3 aromatic rings. The summed E-state index contributed by atoms with van der Waals surface area (Å²) in [5.74, 6) is -0.935. The number of benzene rings is 2. The molecule has 7 heteroatoms. The first-order valence-electron chi connectivity index (χ1n) is 10.1. The van der Waals surface area contributed by atoms with Gasteiger partial charge in [-0.2, -0.15) is 0 Å². The van der Waals surface area contributed by atoms with Gasteiger partial charge in [0.15, 0.2) is 19.0 Å². The Morgan fingerprint density at radius 1 is 0.938 bits per heavy atom. The van der Waals surface area contributed by atoms with Crippen LogP contribution in [0.15, 0.2) is 54.6 Å². The quantitative estimate of drug-likeness (QED) is 0.369. The number of ketones is 2. The molecule has 0 atom stereocenters. The Hall–Kier alpha value is -3.74. The van der Waals surface area contributed by atoms with E-state index in [1.165, 1.54) is 19.1 Å². The fourth-order valence-electron chi connectivity index (χ4n) is 3.29. The third-order valence-corrected chi connectivity index (χ3v) is 5.11. The number of hydrogen-bond donors (Lipinski definition) is 0. The lowest BCUT2D eigenvalue weighted by molar-refractivity contribution is -0.144. The molecule has 0 amide bonds. The van der Waals surface area contributed by atoms with Crippen LogP contribution < -0.4 is 4.74 Å². The second kappa shape index (κ2) is 10.0. The molecule has 0 fully saturated rings. The highest BCUT2D eigenvalue weighted by Crippen LogP contribution is 2.18. The highest BCUT2D eigenvalue weighted by atomic mass is 19.1. The summed E-state index contributed by atoms with van der Waals surface area (Å²) in [6.45, 7) is 4.91. The lowest BCUT2D eigenvalue weighted by Crippen LogP contribution is -2.20. The molecule has 3 rings (SSSR count). The first-order chi connectivity index (χ1) is 15.2. The van der Waals surface area contributed by atoms with E-state index in [1.54, 1.807) is 42.5 Å². The van der Waals surface area contributed by atoms with Gasteiger partial charge in [0.2, 0.25) is 5.78 Å². The van der Waals surface area contributed by atoms with Gasteiger partial charge in [0.05, 0.1) is 0 Å². The number of nitrogens with zero attached hydrogens (tertiary/aromatic N) is 1. The summed E-state index contributed by atoms with van der Waals surface area (Å²) < 4.78 is 25.5. The minimum Gasteiger partial charge on any atom is -0.482 e. The topological polar surface area (TPSA) is 74.6 Å². The van der Waals surface area contributed by atoms with Crippen LogP contribution in [0.2, 0.25) is 0 Å². The Kier molecular flexibility index (Phi) is 7.20. The number of aromatic nitrogens is 1. The summed E-state index contributed by atoms with van der Waals surface area (Å²) in [6, 6.07) is 14.3. The largest absolute Gasteiger partial charge is 0.482 e.